The van der Waals surface area contributed by atoms with Crippen molar-refractivity contribution in [2.75, 3.05) is 38.6 Å². The minimum Gasteiger partial charge on any atom is -0.495 e. The van der Waals surface area contributed by atoms with Crippen LogP contribution < -0.4 is 24.8 Å². The highest BCUT2D eigenvalue weighted by Gasteiger charge is 2.19. The Morgan fingerprint density at radius 2 is 1.62 bits per heavy atom. The number of para-hydroxylation sites is 1. The summed E-state index contributed by atoms with van der Waals surface area (Å²) in [6, 6.07) is 9.50. The van der Waals surface area contributed by atoms with E-state index in [2.05, 4.69) is 10.6 Å². The highest BCUT2D eigenvalue weighted by Crippen LogP contribution is 2.31. The Morgan fingerprint density at radius 1 is 0.897 bits per heavy atom. The molecule has 0 aliphatic carbocycles. The van der Waals surface area contributed by atoms with Gasteiger partial charge in [0.2, 0.25) is 5.91 Å². The summed E-state index contributed by atoms with van der Waals surface area (Å²) in [7, 11) is 4.29. The summed E-state index contributed by atoms with van der Waals surface area (Å²) in [4.78, 5) is 35.8. The van der Waals surface area contributed by atoms with Crippen LogP contribution in [0, 0.1) is 0 Å². The van der Waals surface area contributed by atoms with Gasteiger partial charge in [-0.15, -0.1) is 0 Å². The van der Waals surface area contributed by atoms with Gasteiger partial charge in [-0.05, 0) is 30.3 Å². The lowest BCUT2D eigenvalue weighted by atomic mass is 10.2. The first-order valence-electron chi connectivity index (χ1n) is 8.53. The van der Waals surface area contributed by atoms with Crippen LogP contribution in [0.15, 0.2) is 36.4 Å². The standard InChI is InChI=1S/C20H22N2O7/c1-12(23)21-13-8-9-16(26-2)15(10-13)22-18(24)11-29-20(25)14-6-5-7-17(27-3)19(14)28-4/h5-10H,11H2,1-4H3,(H,21,23)(H,22,24). The van der Waals surface area contributed by atoms with Gasteiger partial charge < -0.3 is 29.6 Å². The van der Waals surface area contributed by atoms with E-state index in [-0.39, 0.29) is 17.2 Å². The number of amides is 2. The number of hydrogen-bond donors (Lipinski definition) is 2. The van der Waals surface area contributed by atoms with E-state index < -0.39 is 18.5 Å². The molecule has 2 aromatic rings. The first kappa shape index (κ1) is 21.5. The molecule has 0 atom stereocenters. The number of nitrogens with one attached hydrogen (secondary N) is 2. The number of methoxy groups -OCH3 is 3. The summed E-state index contributed by atoms with van der Waals surface area (Å²) in [5.74, 6) is -0.619. The summed E-state index contributed by atoms with van der Waals surface area (Å²) in [5.41, 5.74) is 0.926. The van der Waals surface area contributed by atoms with Gasteiger partial charge in [-0.2, -0.15) is 0 Å². The van der Waals surface area contributed by atoms with Crippen molar-refractivity contribution in [3.8, 4) is 17.2 Å². The molecule has 0 spiro atoms. The molecule has 9 nitrogen and oxygen atoms in total. The molecule has 0 aliphatic heterocycles. The molecule has 0 fully saturated rings. The minimum atomic E-state index is -0.741. The second-order valence-corrected chi connectivity index (χ2v) is 5.76. The summed E-state index contributed by atoms with van der Waals surface area (Å²) < 4.78 is 20.6. The number of hydrogen-bond acceptors (Lipinski definition) is 7. The maximum absolute atomic E-state index is 12.3. The Labute approximate surface area is 167 Å². The predicted molar refractivity (Wildman–Crippen MR) is 106 cm³/mol. The normalized spacial score (nSPS) is 9.93. The van der Waals surface area contributed by atoms with Crippen molar-refractivity contribution in [3.05, 3.63) is 42.0 Å². The Hall–Kier alpha value is -3.75. The zero-order valence-electron chi connectivity index (χ0n) is 16.5. The number of esters is 1. The number of rotatable bonds is 8. The van der Waals surface area contributed by atoms with Gasteiger partial charge >= 0.3 is 5.97 Å². The fourth-order valence-electron chi connectivity index (χ4n) is 2.53. The average Bonchev–Trinajstić information content (AvgIpc) is 2.71. The van der Waals surface area contributed by atoms with Crippen molar-refractivity contribution >= 4 is 29.2 Å². The summed E-state index contributed by atoms with van der Waals surface area (Å²) >= 11 is 0. The maximum Gasteiger partial charge on any atom is 0.342 e. The molecule has 0 saturated carbocycles. The van der Waals surface area contributed by atoms with E-state index in [4.69, 9.17) is 18.9 Å². The van der Waals surface area contributed by atoms with Crippen LogP contribution in [0.4, 0.5) is 11.4 Å². The van der Waals surface area contributed by atoms with Crippen LogP contribution in [0.3, 0.4) is 0 Å². The van der Waals surface area contributed by atoms with Crippen molar-refractivity contribution in [2.45, 2.75) is 6.92 Å². The molecule has 0 saturated heterocycles. The molecule has 0 bridgehead atoms. The molecule has 0 heterocycles. The van der Waals surface area contributed by atoms with Gasteiger partial charge in [0.05, 0.1) is 27.0 Å². The molecule has 2 amide bonds. The Kier molecular flexibility index (Phi) is 7.41. The molecule has 0 aromatic heterocycles. The van der Waals surface area contributed by atoms with Crippen LogP contribution >= 0.6 is 0 Å². The summed E-state index contributed by atoms with van der Waals surface area (Å²) in [6.07, 6.45) is 0. The molecule has 9 heteroatoms. The molecule has 0 aliphatic rings. The van der Waals surface area contributed by atoms with E-state index in [1.165, 1.54) is 40.4 Å². The highest BCUT2D eigenvalue weighted by atomic mass is 16.5. The minimum absolute atomic E-state index is 0.130. The SMILES string of the molecule is COc1ccc(NC(C)=O)cc1NC(=O)COC(=O)c1cccc(OC)c1OC. The molecule has 29 heavy (non-hydrogen) atoms. The second kappa shape index (κ2) is 9.98. The largest absolute Gasteiger partial charge is 0.495 e. The van der Waals surface area contributed by atoms with E-state index in [9.17, 15) is 14.4 Å². The molecule has 0 unspecified atom stereocenters. The van der Waals surface area contributed by atoms with E-state index in [1.807, 2.05) is 0 Å². The maximum atomic E-state index is 12.3. The first-order chi connectivity index (χ1) is 13.9. The molecule has 154 valence electrons. The van der Waals surface area contributed by atoms with Crippen molar-refractivity contribution < 1.29 is 33.3 Å². The number of anilines is 2. The van der Waals surface area contributed by atoms with Crippen molar-refractivity contribution in [1.82, 2.24) is 0 Å². The van der Waals surface area contributed by atoms with Crippen LogP contribution in [-0.4, -0.2) is 45.7 Å². The fourth-order valence-corrected chi connectivity index (χ4v) is 2.53. The number of carbonyl (C=O) groups is 3. The highest BCUT2D eigenvalue weighted by molar-refractivity contribution is 5.98. The molecule has 2 N–H and O–H groups in total. The van der Waals surface area contributed by atoms with Gasteiger partial charge in [0.1, 0.15) is 11.3 Å². The van der Waals surface area contributed by atoms with E-state index in [1.54, 1.807) is 24.3 Å². The topological polar surface area (TPSA) is 112 Å². The third-order valence-corrected chi connectivity index (χ3v) is 3.75. The zero-order chi connectivity index (χ0) is 21.4. The molecular weight excluding hydrogens is 380 g/mol. The van der Waals surface area contributed by atoms with E-state index in [0.717, 1.165) is 0 Å². The van der Waals surface area contributed by atoms with Crippen molar-refractivity contribution in [1.29, 1.82) is 0 Å². The second-order valence-electron chi connectivity index (χ2n) is 5.76. The lowest BCUT2D eigenvalue weighted by Gasteiger charge is -2.13. The van der Waals surface area contributed by atoms with Gasteiger partial charge in [0.15, 0.2) is 18.1 Å². The van der Waals surface area contributed by atoms with Gasteiger partial charge in [-0.25, -0.2) is 4.79 Å². The average molecular weight is 402 g/mol. The Balaban J connectivity index is 2.07. The summed E-state index contributed by atoms with van der Waals surface area (Å²) in [5, 5.41) is 5.19. The third kappa shape index (κ3) is 5.61. The van der Waals surface area contributed by atoms with Crippen LogP contribution in [0.25, 0.3) is 0 Å². The number of ether oxygens (including phenoxy) is 4. The van der Waals surface area contributed by atoms with Crippen molar-refractivity contribution in [3.63, 3.8) is 0 Å². The van der Waals surface area contributed by atoms with Gasteiger partial charge in [0.25, 0.3) is 5.91 Å². The fraction of sp³-hybridized carbons (Fsp3) is 0.250. The van der Waals surface area contributed by atoms with Crippen LogP contribution in [0.5, 0.6) is 17.2 Å². The van der Waals surface area contributed by atoms with Gasteiger partial charge in [-0.1, -0.05) is 6.07 Å². The molecular formula is C20H22N2O7. The third-order valence-electron chi connectivity index (χ3n) is 3.75. The number of benzene rings is 2. The van der Waals surface area contributed by atoms with E-state index >= 15 is 0 Å². The lowest BCUT2D eigenvalue weighted by molar-refractivity contribution is -0.119. The smallest absolute Gasteiger partial charge is 0.342 e. The van der Waals surface area contributed by atoms with Gasteiger partial charge in [0, 0.05) is 12.6 Å². The monoisotopic (exact) mass is 402 g/mol. The van der Waals surface area contributed by atoms with Crippen LogP contribution in [0.2, 0.25) is 0 Å². The summed E-state index contributed by atoms with van der Waals surface area (Å²) in [6.45, 7) is 0.835. The Morgan fingerprint density at radius 3 is 2.24 bits per heavy atom. The first-order valence-corrected chi connectivity index (χ1v) is 8.53. The lowest BCUT2D eigenvalue weighted by Crippen LogP contribution is -2.21. The molecule has 0 radical (unpaired) electrons. The Bertz CT molecular complexity index is 912. The zero-order valence-corrected chi connectivity index (χ0v) is 16.5. The van der Waals surface area contributed by atoms with E-state index in [0.29, 0.717) is 22.9 Å². The van der Waals surface area contributed by atoms with Crippen LogP contribution in [0.1, 0.15) is 17.3 Å². The van der Waals surface area contributed by atoms with Gasteiger partial charge in [-0.3, -0.25) is 9.59 Å². The van der Waals surface area contributed by atoms with Crippen LogP contribution in [-0.2, 0) is 14.3 Å². The van der Waals surface area contributed by atoms with Crippen molar-refractivity contribution in [2.24, 2.45) is 0 Å². The number of carbonyl (C=O) groups excluding carboxylic acids is 3. The molecule has 2 aromatic carbocycles. The molecule has 2 rings (SSSR count). The predicted octanol–water partition coefficient (Wildman–Crippen LogP) is 2.47. The quantitative estimate of drug-likeness (QED) is 0.652.